The Morgan fingerprint density at radius 2 is 1.83 bits per heavy atom. The molecule has 0 aliphatic rings. The average Bonchev–Trinajstić information content (AvgIpc) is 3.22. The molecule has 35 heavy (non-hydrogen) atoms. The summed E-state index contributed by atoms with van der Waals surface area (Å²) in [6, 6.07) is 7.87. The van der Waals surface area contributed by atoms with Crippen LogP contribution in [0.2, 0.25) is 5.02 Å². The van der Waals surface area contributed by atoms with E-state index in [1.807, 2.05) is 13.8 Å². The molecule has 182 valence electrons. The zero-order valence-electron chi connectivity index (χ0n) is 18.4. The van der Waals surface area contributed by atoms with Gasteiger partial charge in [0.2, 0.25) is 5.91 Å². The molecule has 0 spiro atoms. The molecule has 2 aromatic heterocycles. The number of anilines is 1. The van der Waals surface area contributed by atoms with Crippen LogP contribution in [0.3, 0.4) is 0 Å². The highest BCUT2D eigenvalue weighted by atomic mass is 35.5. The van der Waals surface area contributed by atoms with E-state index < -0.39 is 35.6 Å². The molecule has 0 bridgehead atoms. The predicted molar refractivity (Wildman–Crippen MR) is 122 cm³/mol. The number of carbonyl (C=O) groups is 1. The molecule has 2 aromatic carbocycles. The lowest BCUT2D eigenvalue weighted by atomic mass is 10.1. The van der Waals surface area contributed by atoms with E-state index in [9.17, 15) is 27.2 Å². The van der Waals surface area contributed by atoms with Gasteiger partial charge in [-0.15, -0.1) is 0 Å². The number of nitrogens with one attached hydrogen (secondary N) is 1. The zero-order valence-corrected chi connectivity index (χ0v) is 19.2. The SMILES string of the molecule is CC(C)c1nn(CC(=O)Nc2cc(C(F)(F)F)ccc2Cl)c(=O)c2c1cnn2-c1ccc(F)cc1. The number of hydrogen-bond acceptors (Lipinski definition) is 4. The molecule has 1 amide bonds. The van der Waals surface area contributed by atoms with E-state index in [-0.39, 0.29) is 22.1 Å². The minimum absolute atomic E-state index is 0.0978. The molecule has 1 N–H and O–H groups in total. The summed E-state index contributed by atoms with van der Waals surface area (Å²) in [5, 5.41) is 11.2. The highest BCUT2D eigenvalue weighted by Gasteiger charge is 2.31. The highest BCUT2D eigenvalue weighted by molar-refractivity contribution is 6.33. The first-order valence-electron chi connectivity index (χ1n) is 10.4. The fourth-order valence-electron chi connectivity index (χ4n) is 3.53. The van der Waals surface area contributed by atoms with Crippen molar-refractivity contribution >= 4 is 34.1 Å². The van der Waals surface area contributed by atoms with Gasteiger partial charge in [0.25, 0.3) is 5.56 Å². The second kappa shape index (κ2) is 9.14. The van der Waals surface area contributed by atoms with E-state index in [0.29, 0.717) is 22.8 Å². The molecule has 2 heterocycles. The number of carbonyl (C=O) groups excluding carboxylic acids is 1. The number of fused-ring (bicyclic) bond motifs is 1. The van der Waals surface area contributed by atoms with Gasteiger partial charge in [-0.05, 0) is 48.4 Å². The Kier molecular flexibility index (Phi) is 6.37. The fraction of sp³-hybridized carbons (Fsp3) is 0.217. The van der Waals surface area contributed by atoms with Gasteiger partial charge in [-0.25, -0.2) is 13.8 Å². The molecule has 4 rings (SSSR count). The summed E-state index contributed by atoms with van der Waals surface area (Å²) in [4.78, 5) is 26.0. The topological polar surface area (TPSA) is 81.8 Å². The van der Waals surface area contributed by atoms with Gasteiger partial charge in [-0.1, -0.05) is 25.4 Å². The third kappa shape index (κ3) is 4.90. The lowest BCUT2D eigenvalue weighted by Crippen LogP contribution is -2.31. The standard InChI is InChI=1S/C23H18ClF4N5O2/c1-12(2)20-16-10-29-33(15-6-4-14(25)5-7-15)21(16)22(35)32(31-20)11-19(34)30-18-9-13(23(26,27)28)3-8-17(18)24/h3-10,12H,11H2,1-2H3,(H,30,34). The fourth-order valence-corrected chi connectivity index (χ4v) is 3.69. The monoisotopic (exact) mass is 507 g/mol. The Bertz CT molecular complexity index is 1480. The van der Waals surface area contributed by atoms with E-state index in [4.69, 9.17) is 11.6 Å². The number of amides is 1. The van der Waals surface area contributed by atoms with Crippen LogP contribution < -0.4 is 10.9 Å². The van der Waals surface area contributed by atoms with E-state index in [1.54, 1.807) is 0 Å². The smallest absolute Gasteiger partial charge is 0.323 e. The van der Waals surface area contributed by atoms with Crippen LogP contribution in [-0.4, -0.2) is 25.5 Å². The summed E-state index contributed by atoms with van der Waals surface area (Å²) in [6.07, 6.45) is -3.16. The number of benzene rings is 2. The van der Waals surface area contributed by atoms with Crippen molar-refractivity contribution in [1.82, 2.24) is 19.6 Å². The Labute approximate surface area is 200 Å². The third-order valence-electron chi connectivity index (χ3n) is 5.19. The Morgan fingerprint density at radius 3 is 2.46 bits per heavy atom. The van der Waals surface area contributed by atoms with Crippen LogP contribution in [0.15, 0.2) is 53.5 Å². The number of rotatable bonds is 5. The molecule has 0 aliphatic heterocycles. The quantitative estimate of drug-likeness (QED) is 0.379. The second-order valence-electron chi connectivity index (χ2n) is 8.04. The lowest BCUT2D eigenvalue weighted by molar-refractivity contribution is -0.137. The average molecular weight is 508 g/mol. The molecule has 0 radical (unpaired) electrons. The van der Waals surface area contributed by atoms with Crippen molar-refractivity contribution in [3.8, 4) is 5.69 Å². The minimum Gasteiger partial charge on any atom is -0.323 e. The maximum absolute atomic E-state index is 13.4. The van der Waals surface area contributed by atoms with Gasteiger partial charge >= 0.3 is 6.18 Å². The normalized spacial score (nSPS) is 11.9. The van der Waals surface area contributed by atoms with Gasteiger partial charge in [0.1, 0.15) is 17.9 Å². The Morgan fingerprint density at radius 1 is 1.14 bits per heavy atom. The third-order valence-corrected chi connectivity index (χ3v) is 5.52. The van der Waals surface area contributed by atoms with Crippen molar-refractivity contribution in [2.75, 3.05) is 5.32 Å². The molecule has 4 aromatic rings. The summed E-state index contributed by atoms with van der Waals surface area (Å²) in [5.74, 6) is -1.42. The van der Waals surface area contributed by atoms with Crippen LogP contribution >= 0.6 is 11.6 Å². The molecule has 12 heteroatoms. The van der Waals surface area contributed by atoms with Crippen molar-refractivity contribution in [2.24, 2.45) is 0 Å². The number of aromatic nitrogens is 4. The molecule has 0 aliphatic carbocycles. The zero-order chi connectivity index (χ0) is 25.5. The molecule has 0 atom stereocenters. The van der Waals surface area contributed by atoms with E-state index in [2.05, 4.69) is 15.5 Å². The number of halogens is 5. The van der Waals surface area contributed by atoms with Crippen molar-refractivity contribution in [3.63, 3.8) is 0 Å². The molecule has 0 fully saturated rings. The van der Waals surface area contributed by atoms with Gasteiger partial charge in [-0.3, -0.25) is 9.59 Å². The summed E-state index contributed by atoms with van der Waals surface area (Å²) in [5.41, 5.74) is -0.860. The first-order chi connectivity index (χ1) is 16.5. The molecular formula is C23H18ClF4N5O2. The van der Waals surface area contributed by atoms with Crippen molar-refractivity contribution in [3.05, 3.63) is 81.1 Å². The summed E-state index contributed by atoms with van der Waals surface area (Å²) < 4.78 is 54.7. The van der Waals surface area contributed by atoms with Crippen LogP contribution in [0.1, 0.15) is 31.0 Å². The van der Waals surface area contributed by atoms with Crippen LogP contribution in [0.4, 0.5) is 23.2 Å². The molecule has 0 unspecified atom stereocenters. The van der Waals surface area contributed by atoms with Crippen molar-refractivity contribution < 1.29 is 22.4 Å². The van der Waals surface area contributed by atoms with E-state index in [1.165, 1.54) is 35.1 Å². The second-order valence-corrected chi connectivity index (χ2v) is 8.45. The Hall–Kier alpha value is -3.73. The maximum Gasteiger partial charge on any atom is 0.416 e. The van der Waals surface area contributed by atoms with Crippen LogP contribution in [-0.2, 0) is 17.5 Å². The molecule has 7 nitrogen and oxygen atoms in total. The first kappa shape index (κ1) is 24.4. The molecule has 0 saturated carbocycles. The largest absolute Gasteiger partial charge is 0.416 e. The van der Waals surface area contributed by atoms with E-state index >= 15 is 0 Å². The van der Waals surface area contributed by atoms with Crippen molar-refractivity contribution in [1.29, 1.82) is 0 Å². The van der Waals surface area contributed by atoms with Gasteiger partial charge in [0.15, 0.2) is 0 Å². The first-order valence-corrected chi connectivity index (χ1v) is 10.7. The number of hydrogen-bond donors (Lipinski definition) is 1. The maximum atomic E-state index is 13.4. The van der Waals surface area contributed by atoms with Gasteiger partial charge < -0.3 is 5.32 Å². The van der Waals surface area contributed by atoms with Gasteiger partial charge in [0.05, 0.1) is 33.9 Å². The summed E-state index contributed by atoms with van der Waals surface area (Å²) in [6.45, 7) is 3.10. The molecular weight excluding hydrogens is 490 g/mol. The summed E-state index contributed by atoms with van der Waals surface area (Å²) in [7, 11) is 0. The number of alkyl halides is 3. The van der Waals surface area contributed by atoms with Gasteiger partial charge in [0, 0.05) is 5.39 Å². The number of nitrogens with zero attached hydrogens (tertiary/aromatic N) is 4. The van der Waals surface area contributed by atoms with Crippen LogP contribution in [0.5, 0.6) is 0 Å². The van der Waals surface area contributed by atoms with Crippen LogP contribution in [0, 0.1) is 5.82 Å². The lowest BCUT2D eigenvalue weighted by Gasteiger charge is -2.14. The van der Waals surface area contributed by atoms with E-state index in [0.717, 1.165) is 16.8 Å². The Balaban J connectivity index is 1.74. The van der Waals surface area contributed by atoms with Crippen LogP contribution in [0.25, 0.3) is 16.6 Å². The van der Waals surface area contributed by atoms with Crippen molar-refractivity contribution in [2.45, 2.75) is 32.5 Å². The van der Waals surface area contributed by atoms with Gasteiger partial charge in [-0.2, -0.15) is 23.4 Å². The predicted octanol–water partition coefficient (Wildman–Crippen LogP) is 5.16. The molecule has 0 saturated heterocycles. The minimum atomic E-state index is -4.63. The highest BCUT2D eigenvalue weighted by Crippen LogP contribution is 2.33. The summed E-state index contributed by atoms with van der Waals surface area (Å²) >= 11 is 5.95.